The van der Waals surface area contributed by atoms with E-state index in [9.17, 15) is 9.90 Å². The molecule has 0 bridgehead atoms. The summed E-state index contributed by atoms with van der Waals surface area (Å²) in [6.45, 7) is 1.26. The normalized spacial score (nSPS) is 22.8. The molecule has 1 aliphatic heterocycles. The fourth-order valence-corrected chi connectivity index (χ4v) is 3.29. The van der Waals surface area contributed by atoms with E-state index in [0.717, 1.165) is 31.6 Å². The molecule has 1 saturated carbocycles. The van der Waals surface area contributed by atoms with Gasteiger partial charge in [0, 0.05) is 49.2 Å². The Morgan fingerprint density at radius 3 is 2.76 bits per heavy atom. The van der Waals surface area contributed by atoms with Crippen molar-refractivity contribution in [2.45, 2.75) is 31.4 Å². The zero-order valence-electron chi connectivity index (χ0n) is 14.0. The van der Waals surface area contributed by atoms with Crippen LogP contribution in [-0.4, -0.2) is 46.2 Å². The predicted octanol–water partition coefficient (Wildman–Crippen LogP) is 1.41. The summed E-state index contributed by atoms with van der Waals surface area (Å²) >= 11 is 0. The summed E-state index contributed by atoms with van der Waals surface area (Å²) in [5.74, 6) is 0.854. The molecule has 2 aliphatic rings. The molecule has 4 rings (SSSR count). The fourth-order valence-electron chi connectivity index (χ4n) is 3.29. The number of amides is 1. The molecule has 1 aliphatic carbocycles. The summed E-state index contributed by atoms with van der Waals surface area (Å²) in [6.07, 6.45) is 7.76. The van der Waals surface area contributed by atoms with Crippen LogP contribution in [-0.2, 0) is 6.42 Å². The van der Waals surface area contributed by atoms with Crippen LogP contribution in [0.4, 0.5) is 5.82 Å². The van der Waals surface area contributed by atoms with Crippen molar-refractivity contribution < 1.29 is 9.90 Å². The standard InChI is InChI=1S/C19H22N4O2/c24-17-12-23(11-15(17)9-13-3-6-20-7-4-13)18-10-14(5-8-21-18)19(25)22-16-1-2-16/h3-8,10,15-17,24H,1-2,9,11-12H2,(H,22,25)/t15-,17+/m1/s1. The van der Waals surface area contributed by atoms with Gasteiger partial charge < -0.3 is 15.3 Å². The van der Waals surface area contributed by atoms with Crippen LogP contribution in [0.25, 0.3) is 0 Å². The van der Waals surface area contributed by atoms with Gasteiger partial charge in [0.2, 0.25) is 0 Å². The maximum atomic E-state index is 12.2. The molecule has 0 unspecified atom stereocenters. The van der Waals surface area contributed by atoms with E-state index in [1.54, 1.807) is 24.7 Å². The number of hydrogen-bond acceptors (Lipinski definition) is 5. The highest BCUT2D eigenvalue weighted by molar-refractivity contribution is 5.95. The summed E-state index contributed by atoms with van der Waals surface area (Å²) in [4.78, 5) is 22.7. The number of aliphatic hydroxyl groups excluding tert-OH is 1. The maximum absolute atomic E-state index is 12.2. The second-order valence-electron chi connectivity index (χ2n) is 6.94. The largest absolute Gasteiger partial charge is 0.391 e. The van der Waals surface area contributed by atoms with E-state index in [0.29, 0.717) is 18.2 Å². The number of carbonyl (C=O) groups excluding carboxylic acids is 1. The van der Waals surface area contributed by atoms with Crippen LogP contribution >= 0.6 is 0 Å². The lowest BCUT2D eigenvalue weighted by atomic mass is 9.97. The minimum atomic E-state index is -0.404. The molecule has 2 aromatic heterocycles. The summed E-state index contributed by atoms with van der Waals surface area (Å²) in [6, 6.07) is 7.86. The van der Waals surface area contributed by atoms with Crippen molar-refractivity contribution >= 4 is 11.7 Å². The number of aliphatic hydroxyl groups is 1. The van der Waals surface area contributed by atoms with Gasteiger partial charge in [-0.3, -0.25) is 9.78 Å². The quantitative estimate of drug-likeness (QED) is 0.862. The van der Waals surface area contributed by atoms with Crippen LogP contribution in [0, 0.1) is 5.92 Å². The summed E-state index contributed by atoms with van der Waals surface area (Å²) in [5, 5.41) is 13.4. The Balaban J connectivity index is 1.44. The zero-order valence-corrected chi connectivity index (χ0v) is 14.0. The van der Waals surface area contributed by atoms with E-state index in [2.05, 4.69) is 20.2 Å². The number of carbonyl (C=O) groups is 1. The summed E-state index contributed by atoms with van der Waals surface area (Å²) in [7, 11) is 0. The number of nitrogens with zero attached hydrogens (tertiary/aromatic N) is 3. The molecule has 2 N–H and O–H groups in total. The third kappa shape index (κ3) is 3.79. The SMILES string of the molecule is O=C(NC1CC1)c1ccnc(N2C[C@@H](Cc3ccncc3)[C@@H](O)C2)c1. The lowest BCUT2D eigenvalue weighted by Crippen LogP contribution is -2.26. The first-order chi connectivity index (χ1) is 12.2. The Morgan fingerprint density at radius 1 is 1.20 bits per heavy atom. The molecule has 2 aromatic rings. The average molecular weight is 338 g/mol. The van der Waals surface area contributed by atoms with Crippen molar-refractivity contribution in [2.24, 2.45) is 5.92 Å². The smallest absolute Gasteiger partial charge is 0.251 e. The Labute approximate surface area is 146 Å². The van der Waals surface area contributed by atoms with E-state index in [4.69, 9.17) is 0 Å². The van der Waals surface area contributed by atoms with Gasteiger partial charge in [-0.15, -0.1) is 0 Å². The number of rotatable bonds is 5. The molecule has 0 radical (unpaired) electrons. The van der Waals surface area contributed by atoms with Gasteiger partial charge in [0.05, 0.1) is 6.10 Å². The molecule has 0 aromatic carbocycles. The number of pyridine rings is 2. The Morgan fingerprint density at radius 2 is 2.00 bits per heavy atom. The lowest BCUT2D eigenvalue weighted by molar-refractivity contribution is 0.0951. The minimum absolute atomic E-state index is 0.0424. The van der Waals surface area contributed by atoms with Gasteiger partial charge in [0.15, 0.2) is 0 Å². The van der Waals surface area contributed by atoms with Gasteiger partial charge in [-0.25, -0.2) is 4.98 Å². The van der Waals surface area contributed by atoms with Gasteiger partial charge in [-0.05, 0) is 49.1 Å². The highest BCUT2D eigenvalue weighted by Crippen LogP contribution is 2.26. The Hall–Kier alpha value is -2.47. The predicted molar refractivity (Wildman–Crippen MR) is 94.4 cm³/mol. The average Bonchev–Trinajstić information content (AvgIpc) is 3.38. The molecule has 6 nitrogen and oxygen atoms in total. The summed E-state index contributed by atoms with van der Waals surface area (Å²) in [5.41, 5.74) is 1.80. The number of anilines is 1. The maximum Gasteiger partial charge on any atom is 0.251 e. The molecule has 1 amide bonds. The highest BCUT2D eigenvalue weighted by Gasteiger charge is 2.32. The van der Waals surface area contributed by atoms with Crippen LogP contribution < -0.4 is 10.2 Å². The topological polar surface area (TPSA) is 78.4 Å². The Kier molecular flexibility index (Phi) is 4.36. The van der Waals surface area contributed by atoms with E-state index >= 15 is 0 Å². The number of β-amino-alcohol motifs (C(OH)–C–C–N with tert-alkyl or cyclic N) is 1. The number of nitrogens with one attached hydrogen (secondary N) is 1. The first kappa shape index (κ1) is 16.0. The van der Waals surface area contributed by atoms with Gasteiger partial charge in [0.1, 0.15) is 5.82 Å². The van der Waals surface area contributed by atoms with E-state index in [1.807, 2.05) is 18.2 Å². The number of hydrogen-bond donors (Lipinski definition) is 2. The molecule has 1 saturated heterocycles. The molecule has 6 heteroatoms. The second-order valence-corrected chi connectivity index (χ2v) is 6.94. The second kappa shape index (κ2) is 6.80. The Bertz CT molecular complexity index is 748. The van der Waals surface area contributed by atoms with E-state index < -0.39 is 6.10 Å². The van der Waals surface area contributed by atoms with Gasteiger partial charge >= 0.3 is 0 Å². The van der Waals surface area contributed by atoms with Gasteiger partial charge in [-0.1, -0.05) is 0 Å². The minimum Gasteiger partial charge on any atom is -0.391 e. The van der Waals surface area contributed by atoms with E-state index in [-0.39, 0.29) is 11.8 Å². The zero-order chi connectivity index (χ0) is 17.2. The van der Waals surface area contributed by atoms with Crippen molar-refractivity contribution in [2.75, 3.05) is 18.0 Å². The van der Waals surface area contributed by atoms with Crippen LogP contribution in [0.5, 0.6) is 0 Å². The van der Waals surface area contributed by atoms with Crippen LogP contribution in [0.15, 0.2) is 42.9 Å². The van der Waals surface area contributed by atoms with Crippen molar-refractivity contribution in [1.82, 2.24) is 15.3 Å². The summed E-state index contributed by atoms with van der Waals surface area (Å²) < 4.78 is 0. The molecule has 25 heavy (non-hydrogen) atoms. The van der Waals surface area contributed by atoms with Crippen LogP contribution in [0.2, 0.25) is 0 Å². The first-order valence-electron chi connectivity index (χ1n) is 8.78. The van der Waals surface area contributed by atoms with Crippen molar-refractivity contribution in [1.29, 1.82) is 0 Å². The lowest BCUT2D eigenvalue weighted by Gasteiger charge is -2.17. The molecular weight excluding hydrogens is 316 g/mol. The third-order valence-electron chi connectivity index (χ3n) is 4.90. The first-order valence-corrected chi connectivity index (χ1v) is 8.78. The van der Waals surface area contributed by atoms with Gasteiger partial charge in [0.25, 0.3) is 5.91 Å². The monoisotopic (exact) mass is 338 g/mol. The van der Waals surface area contributed by atoms with Crippen molar-refractivity contribution in [3.05, 3.63) is 54.0 Å². The molecule has 2 fully saturated rings. The van der Waals surface area contributed by atoms with Gasteiger partial charge in [-0.2, -0.15) is 0 Å². The molecule has 3 heterocycles. The van der Waals surface area contributed by atoms with Crippen LogP contribution in [0.1, 0.15) is 28.8 Å². The van der Waals surface area contributed by atoms with E-state index in [1.165, 1.54) is 5.56 Å². The fraction of sp³-hybridized carbons (Fsp3) is 0.421. The van der Waals surface area contributed by atoms with Crippen molar-refractivity contribution in [3.8, 4) is 0 Å². The molecule has 0 spiro atoms. The molecule has 130 valence electrons. The molecular formula is C19H22N4O2. The van der Waals surface area contributed by atoms with Crippen LogP contribution in [0.3, 0.4) is 0 Å². The number of aromatic nitrogens is 2. The van der Waals surface area contributed by atoms with Crippen molar-refractivity contribution in [3.63, 3.8) is 0 Å². The third-order valence-corrected chi connectivity index (χ3v) is 4.90. The molecule has 2 atom stereocenters. The highest BCUT2D eigenvalue weighted by atomic mass is 16.3.